The highest BCUT2D eigenvalue weighted by molar-refractivity contribution is 6.30. The predicted molar refractivity (Wildman–Crippen MR) is 59.6 cm³/mol. The first kappa shape index (κ1) is 11.8. The van der Waals surface area contributed by atoms with Crippen molar-refractivity contribution in [3.63, 3.8) is 0 Å². The van der Waals surface area contributed by atoms with E-state index in [0.29, 0.717) is 18.1 Å². The van der Waals surface area contributed by atoms with Crippen LogP contribution in [-0.4, -0.2) is 22.2 Å². The summed E-state index contributed by atoms with van der Waals surface area (Å²) in [7, 11) is 0. The Labute approximate surface area is 93.9 Å². The molecule has 0 aliphatic heterocycles. The van der Waals surface area contributed by atoms with E-state index in [2.05, 4.69) is 17.0 Å². The van der Waals surface area contributed by atoms with Gasteiger partial charge in [-0.3, -0.25) is 9.48 Å². The van der Waals surface area contributed by atoms with Crippen molar-refractivity contribution in [2.45, 2.75) is 13.5 Å². The van der Waals surface area contributed by atoms with Crippen molar-refractivity contribution in [2.24, 2.45) is 5.92 Å². The molecule has 1 rings (SSSR count). The average molecular weight is 228 g/mol. The summed E-state index contributed by atoms with van der Waals surface area (Å²) in [6.45, 7) is 6.38. The third-order valence-corrected chi connectivity index (χ3v) is 2.13. The van der Waals surface area contributed by atoms with Gasteiger partial charge in [0.15, 0.2) is 0 Å². The lowest BCUT2D eigenvalue weighted by Crippen LogP contribution is -2.31. The first-order chi connectivity index (χ1) is 7.13. The number of amides is 1. The van der Waals surface area contributed by atoms with Crippen LogP contribution in [-0.2, 0) is 11.3 Å². The highest BCUT2D eigenvalue weighted by atomic mass is 35.5. The van der Waals surface area contributed by atoms with Crippen molar-refractivity contribution < 1.29 is 4.79 Å². The number of aromatic nitrogens is 2. The zero-order valence-corrected chi connectivity index (χ0v) is 9.37. The summed E-state index contributed by atoms with van der Waals surface area (Å²) >= 11 is 5.71. The molecule has 0 radical (unpaired) electrons. The standard InChI is InChI=1S/C10H14ClN3O/c1-3-4-12-10(15)8(2)6-14-7-9(11)5-13-14/h3,5,7-8H,1,4,6H2,2H3,(H,12,15). The molecule has 0 saturated heterocycles. The molecule has 82 valence electrons. The lowest BCUT2D eigenvalue weighted by molar-refractivity contribution is -0.124. The molecule has 1 aromatic rings. The molecule has 0 spiro atoms. The van der Waals surface area contributed by atoms with Crippen LogP contribution in [0.3, 0.4) is 0 Å². The SMILES string of the molecule is C=CCNC(=O)C(C)Cn1cc(Cl)cn1. The quantitative estimate of drug-likeness (QED) is 0.775. The largest absolute Gasteiger partial charge is 0.352 e. The van der Waals surface area contributed by atoms with Gasteiger partial charge in [0.05, 0.1) is 23.7 Å². The highest BCUT2D eigenvalue weighted by Gasteiger charge is 2.12. The van der Waals surface area contributed by atoms with E-state index in [1.165, 1.54) is 0 Å². The second-order valence-electron chi connectivity index (χ2n) is 3.32. The highest BCUT2D eigenvalue weighted by Crippen LogP contribution is 2.07. The minimum absolute atomic E-state index is 0.0125. The van der Waals surface area contributed by atoms with Gasteiger partial charge in [-0.25, -0.2) is 0 Å². The molecule has 1 N–H and O–H groups in total. The van der Waals surface area contributed by atoms with Crippen LogP contribution in [0.4, 0.5) is 0 Å². The van der Waals surface area contributed by atoms with E-state index >= 15 is 0 Å². The van der Waals surface area contributed by atoms with E-state index < -0.39 is 0 Å². The Morgan fingerprint density at radius 1 is 1.87 bits per heavy atom. The molecular formula is C10H14ClN3O. The molecule has 0 aliphatic rings. The Morgan fingerprint density at radius 2 is 2.60 bits per heavy atom. The average Bonchev–Trinajstić information content (AvgIpc) is 2.60. The number of carbonyl (C=O) groups is 1. The summed E-state index contributed by atoms with van der Waals surface area (Å²) in [5.41, 5.74) is 0. The maximum atomic E-state index is 11.5. The van der Waals surface area contributed by atoms with Crippen molar-refractivity contribution in [3.05, 3.63) is 30.1 Å². The molecule has 1 amide bonds. The smallest absolute Gasteiger partial charge is 0.224 e. The number of hydrogen-bond acceptors (Lipinski definition) is 2. The fourth-order valence-corrected chi connectivity index (χ4v) is 1.30. The fourth-order valence-electron chi connectivity index (χ4n) is 1.15. The molecule has 0 aromatic carbocycles. The summed E-state index contributed by atoms with van der Waals surface area (Å²) in [5, 5.41) is 7.31. The zero-order valence-electron chi connectivity index (χ0n) is 8.61. The topological polar surface area (TPSA) is 46.9 Å². The normalized spacial score (nSPS) is 12.1. The van der Waals surface area contributed by atoms with E-state index in [-0.39, 0.29) is 11.8 Å². The maximum absolute atomic E-state index is 11.5. The monoisotopic (exact) mass is 227 g/mol. The molecule has 0 aliphatic carbocycles. The fraction of sp³-hybridized carbons (Fsp3) is 0.400. The van der Waals surface area contributed by atoms with Crippen LogP contribution in [0.5, 0.6) is 0 Å². The Morgan fingerprint density at radius 3 is 3.13 bits per heavy atom. The molecule has 0 saturated carbocycles. The molecule has 1 aromatic heterocycles. The van der Waals surface area contributed by atoms with E-state index in [9.17, 15) is 4.79 Å². The summed E-state index contributed by atoms with van der Waals surface area (Å²) < 4.78 is 1.65. The van der Waals surface area contributed by atoms with E-state index in [4.69, 9.17) is 11.6 Å². The second-order valence-corrected chi connectivity index (χ2v) is 3.75. The minimum Gasteiger partial charge on any atom is -0.352 e. The number of carbonyl (C=O) groups excluding carboxylic acids is 1. The minimum atomic E-state index is -0.138. The lowest BCUT2D eigenvalue weighted by atomic mass is 10.1. The number of halogens is 1. The summed E-state index contributed by atoms with van der Waals surface area (Å²) in [6.07, 6.45) is 4.89. The van der Waals surface area contributed by atoms with Crippen molar-refractivity contribution >= 4 is 17.5 Å². The van der Waals surface area contributed by atoms with Crippen LogP contribution >= 0.6 is 11.6 Å². The second kappa shape index (κ2) is 5.56. The van der Waals surface area contributed by atoms with E-state index in [0.717, 1.165) is 0 Å². The molecule has 4 nitrogen and oxygen atoms in total. The summed E-state index contributed by atoms with van der Waals surface area (Å²) in [6, 6.07) is 0. The molecule has 1 unspecified atom stereocenters. The molecule has 0 fully saturated rings. The van der Waals surface area contributed by atoms with Gasteiger partial charge in [-0.1, -0.05) is 24.6 Å². The Hall–Kier alpha value is -1.29. The molecule has 15 heavy (non-hydrogen) atoms. The third kappa shape index (κ3) is 3.75. The van der Waals surface area contributed by atoms with Crippen molar-refractivity contribution in [1.29, 1.82) is 0 Å². The van der Waals surface area contributed by atoms with Gasteiger partial charge < -0.3 is 5.32 Å². The van der Waals surface area contributed by atoms with Crippen LogP contribution in [0.25, 0.3) is 0 Å². The van der Waals surface area contributed by atoms with Crippen LogP contribution in [0.15, 0.2) is 25.0 Å². The van der Waals surface area contributed by atoms with E-state index in [1.54, 1.807) is 23.2 Å². The van der Waals surface area contributed by atoms with Gasteiger partial charge in [0.2, 0.25) is 5.91 Å². The Balaban J connectivity index is 2.44. The molecule has 5 heteroatoms. The van der Waals surface area contributed by atoms with Crippen LogP contribution < -0.4 is 5.32 Å². The van der Waals surface area contributed by atoms with Gasteiger partial charge in [0.1, 0.15) is 0 Å². The summed E-state index contributed by atoms with van der Waals surface area (Å²) in [5.74, 6) is -0.151. The van der Waals surface area contributed by atoms with Gasteiger partial charge in [-0.15, -0.1) is 6.58 Å². The Bertz CT molecular complexity index is 348. The maximum Gasteiger partial charge on any atom is 0.224 e. The Kier molecular flexibility index (Phi) is 4.37. The van der Waals surface area contributed by atoms with Crippen molar-refractivity contribution in [1.82, 2.24) is 15.1 Å². The first-order valence-electron chi connectivity index (χ1n) is 4.70. The molecular weight excluding hydrogens is 214 g/mol. The number of rotatable bonds is 5. The number of nitrogens with zero attached hydrogens (tertiary/aromatic N) is 2. The van der Waals surface area contributed by atoms with Gasteiger partial charge in [0.25, 0.3) is 0 Å². The van der Waals surface area contributed by atoms with Gasteiger partial charge in [-0.05, 0) is 0 Å². The predicted octanol–water partition coefficient (Wildman–Crippen LogP) is 1.47. The number of nitrogens with one attached hydrogen (secondary N) is 1. The van der Waals surface area contributed by atoms with Gasteiger partial charge in [0, 0.05) is 12.7 Å². The summed E-state index contributed by atoms with van der Waals surface area (Å²) in [4.78, 5) is 11.5. The molecule has 0 bridgehead atoms. The third-order valence-electron chi connectivity index (χ3n) is 1.93. The van der Waals surface area contributed by atoms with Crippen molar-refractivity contribution in [2.75, 3.05) is 6.54 Å². The lowest BCUT2D eigenvalue weighted by Gasteiger charge is -2.10. The van der Waals surface area contributed by atoms with E-state index in [1.807, 2.05) is 6.92 Å². The van der Waals surface area contributed by atoms with Crippen molar-refractivity contribution in [3.8, 4) is 0 Å². The van der Waals surface area contributed by atoms with Crippen LogP contribution in [0.1, 0.15) is 6.92 Å². The van der Waals surface area contributed by atoms with Crippen LogP contribution in [0, 0.1) is 5.92 Å². The molecule has 1 heterocycles. The number of hydrogen-bond donors (Lipinski definition) is 1. The van der Waals surface area contributed by atoms with Gasteiger partial charge >= 0.3 is 0 Å². The first-order valence-corrected chi connectivity index (χ1v) is 5.08. The van der Waals surface area contributed by atoms with Crippen LogP contribution in [0.2, 0.25) is 5.02 Å². The zero-order chi connectivity index (χ0) is 11.3. The molecule has 1 atom stereocenters. The van der Waals surface area contributed by atoms with Gasteiger partial charge in [-0.2, -0.15) is 5.10 Å².